The summed E-state index contributed by atoms with van der Waals surface area (Å²) in [4.78, 5) is 15.6. The first-order valence-corrected chi connectivity index (χ1v) is 12.6. The second kappa shape index (κ2) is 12.1. The molecule has 35 heavy (non-hydrogen) atoms. The van der Waals surface area contributed by atoms with E-state index in [2.05, 4.69) is 5.32 Å². The fourth-order valence-electron chi connectivity index (χ4n) is 4.70. The number of nitrogens with one attached hydrogen (secondary N) is 1. The van der Waals surface area contributed by atoms with Crippen LogP contribution in [0.1, 0.15) is 64.4 Å². The minimum absolute atomic E-state index is 0.000674. The molecule has 1 aliphatic carbocycles. The minimum Gasteiger partial charge on any atom is -0.393 e. The maximum absolute atomic E-state index is 14.1. The van der Waals surface area contributed by atoms with Crippen molar-refractivity contribution in [1.29, 1.82) is 0 Å². The summed E-state index contributed by atoms with van der Waals surface area (Å²) < 4.78 is 42.2. The van der Waals surface area contributed by atoms with E-state index in [0.717, 1.165) is 31.7 Å². The molecule has 1 saturated carbocycles. The van der Waals surface area contributed by atoms with Gasteiger partial charge in [-0.05, 0) is 75.3 Å². The van der Waals surface area contributed by atoms with Crippen LogP contribution >= 0.6 is 0 Å². The molecule has 0 aromatic heterocycles. The quantitative estimate of drug-likeness (QED) is 0.517. The molecule has 0 radical (unpaired) electrons. The van der Waals surface area contributed by atoms with Gasteiger partial charge in [0.25, 0.3) is 0 Å². The van der Waals surface area contributed by atoms with Gasteiger partial charge in [-0.1, -0.05) is 19.9 Å². The Labute approximate surface area is 205 Å². The predicted octanol–water partition coefficient (Wildman–Crippen LogP) is 4.98. The van der Waals surface area contributed by atoms with Crippen molar-refractivity contribution in [1.82, 2.24) is 4.90 Å². The summed E-state index contributed by atoms with van der Waals surface area (Å²) in [6.07, 6.45) is 3.10. The number of carbonyl (C=O) groups is 1. The Morgan fingerprint density at radius 1 is 1.20 bits per heavy atom. The van der Waals surface area contributed by atoms with Crippen LogP contribution in [-0.4, -0.2) is 53.0 Å². The third kappa shape index (κ3) is 7.61. The number of amides is 1. The lowest BCUT2D eigenvalue weighted by Crippen LogP contribution is -2.44. The van der Waals surface area contributed by atoms with Crippen LogP contribution in [0.25, 0.3) is 0 Å². The van der Waals surface area contributed by atoms with E-state index < -0.39 is 18.0 Å². The first-order valence-electron chi connectivity index (χ1n) is 12.6. The van der Waals surface area contributed by atoms with Gasteiger partial charge in [0.05, 0.1) is 18.2 Å². The SMILES string of the molecule is CCC(C)C(=O)Nc1ccc(N2CCC/C=C\N(CC3CCC(O)CC3)C(O)C2)c(C(F)(F)F)c1. The molecule has 2 atom stereocenters. The van der Waals surface area contributed by atoms with Gasteiger partial charge in [-0.2, -0.15) is 13.2 Å². The normalized spacial score (nSPS) is 25.9. The average molecular weight is 498 g/mol. The van der Waals surface area contributed by atoms with E-state index in [9.17, 15) is 28.2 Å². The smallest absolute Gasteiger partial charge is 0.393 e. The van der Waals surface area contributed by atoms with Crippen LogP contribution in [0, 0.1) is 11.8 Å². The lowest BCUT2D eigenvalue weighted by Gasteiger charge is -2.36. The van der Waals surface area contributed by atoms with E-state index in [1.54, 1.807) is 11.8 Å². The Kier molecular flexibility index (Phi) is 9.47. The number of rotatable bonds is 6. The molecule has 2 unspecified atom stereocenters. The highest BCUT2D eigenvalue weighted by Crippen LogP contribution is 2.39. The number of carbonyl (C=O) groups excluding carboxylic acids is 1. The van der Waals surface area contributed by atoms with Crippen molar-refractivity contribution in [2.45, 2.75) is 77.3 Å². The molecule has 9 heteroatoms. The van der Waals surface area contributed by atoms with Crippen LogP contribution in [0.4, 0.5) is 24.5 Å². The topological polar surface area (TPSA) is 76.0 Å². The van der Waals surface area contributed by atoms with E-state index in [-0.39, 0.29) is 35.8 Å². The summed E-state index contributed by atoms with van der Waals surface area (Å²) in [6.45, 7) is 4.58. The maximum atomic E-state index is 14.1. The number of hydrogen-bond donors (Lipinski definition) is 3. The molecule has 1 amide bonds. The molecule has 2 aliphatic rings. The third-order valence-electron chi connectivity index (χ3n) is 7.12. The third-order valence-corrected chi connectivity index (χ3v) is 7.12. The highest BCUT2D eigenvalue weighted by Gasteiger charge is 2.36. The molecule has 6 nitrogen and oxygen atoms in total. The number of benzene rings is 1. The molecular formula is C26H38F3N3O3. The highest BCUT2D eigenvalue weighted by molar-refractivity contribution is 5.92. The molecule has 0 bridgehead atoms. The molecular weight excluding hydrogens is 459 g/mol. The fourth-order valence-corrected chi connectivity index (χ4v) is 4.70. The van der Waals surface area contributed by atoms with Crippen LogP contribution in [0.2, 0.25) is 0 Å². The number of hydrogen-bond acceptors (Lipinski definition) is 5. The zero-order valence-electron chi connectivity index (χ0n) is 20.6. The average Bonchev–Trinajstić information content (AvgIpc) is 2.90. The van der Waals surface area contributed by atoms with E-state index >= 15 is 0 Å². The number of anilines is 2. The molecule has 1 aromatic carbocycles. The van der Waals surface area contributed by atoms with Gasteiger partial charge >= 0.3 is 6.18 Å². The zero-order chi connectivity index (χ0) is 25.6. The molecule has 3 N–H and O–H groups in total. The summed E-state index contributed by atoms with van der Waals surface area (Å²) in [6, 6.07) is 3.87. The molecule has 0 saturated heterocycles. The van der Waals surface area contributed by atoms with E-state index in [4.69, 9.17) is 0 Å². The van der Waals surface area contributed by atoms with Gasteiger partial charge in [0, 0.05) is 30.4 Å². The number of nitrogens with zero attached hydrogens (tertiary/aromatic N) is 2. The van der Waals surface area contributed by atoms with Crippen molar-refractivity contribution in [3.05, 3.63) is 36.0 Å². The van der Waals surface area contributed by atoms with Crippen LogP contribution in [0.15, 0.2) is 30.5 Å². The zero-order valence-corrected chi connectivity index (χ0v) is 20.6. The summed E-state index contributed by atoms with van der Waals surface area (Å²) in [5.41, 5.74) is -0.716. The Hall–Kier alpha value is -2.26. The molecule has 1 aromatic rings. The first-order chi connectivity index (χ1) is 16.6. The van der Waals surface area contributed by atoms with Crippen LogP contribution in [0.3, 0.4) is 0 Å². The second-order valence-electron chi connectivity index (χ2n) is 9.85. The Balaban J connectivity index is 1.80. The second-order valence-corrected chi connectivity index (χ2v) is 9.85. The van der Waals surface area contributed by atoms with Gasteiger partial charge in [-0.3, -0.25) is 4.79 Å². The summed E-state index contributed by atoms with van der Waals surface area (Å²) in [7, 11) is 0. The van der Waals surface area contributed by atoms with Crippen molar-refractivity contribution in [2.24, 2.45) is 11.8 Å². The largest absolute Gasteiger partial charge is 0.418 e. The van der Waals surface area contributed by atoms with Crippen LogP contribution in [-0.2, 0) is 11.0 Å². The monoisotopic (exact) mass is 497 g/mol. The standard InChI is InChI=1S/C26H38F3N3O3/c1-3-18(2)25(35)30-20-9-12-23(22(15-20)26(27,28)29)31-13-5-4-6-14-32(24(34)17-31)16-19-7-10-21(33)11-8-19/h6,9,12,14-15,18-19,21,24,33-34H,3-5,7-8,10-11,13,16-17H2,1-2H3,(H,30,35)/b14-6-. The molecule has 1 heterocycles. The van der Waals surface area contributed by atoms with E-state index in [1.165, 1.54) is 12.1 Å². The lowest BCUT2D eigenvalue weighted by molar-refractivity contribution is -0.137. The van der Waals surface area contributed by atoms with Crippen molar-refractivity contribution in [3.8, 4) is 0 Å². The number of halogens is 3. The number of aliphatic hydroxyl groups excluding tert-OH is 2. The summed E-state index contributed by atoms with van der Waals surface area (Å²) >= 11 is 0. The van der Waals surface area contributed by atoms with E-state index in [0.29, 0.717) is 38.3 Å². The molecule has 196 valence electrons. The predicted molar refractivity (Wildman–Crippen MR) is 131 cm³/mol. The summed E-state index contributed by atoms with van der Waals surface area (Å²) in [5.74, 6) is -0.294. The summed E-state index contributed by atoms with van der Waals surface area (Å²) in [5, 5.41) is 23.4. The Bertz CT molecular complexity index is 869. The van der Waals surface area contributed by atoms with Crippen molar-refractivity contribution in [2.75, 3.05) is 29.9 Å². The molecule has 3 rings (SSSR count). The van der Waals surface area contributed by atoms with Gasteiger partial charge in [0.2, 0.25) is 5.91 Å². The number of alkyl halides is 3. The fraction of sp³-hybridized carbons (Fsp3) is 0.654. The maximum Gasteiger partial charge on any atom is 0.418 e. The van der Waals surface area contributed by atoms with Crippen LogP contribution < -0.4 is 10.2 Å². The number of aliphatic hydroxyl groups is 2. The van der Waals surface area contributed by atoms with Crippen molar-refractivity contribution >= 4 is 17.3 Å². The molecule has 0 spiro atoms. The highest BCUT2D eigenvalue weighted by atomic mass is 19.4. The van der Waals surface area contributed by atoms with Gasteiger partial charge < -0.3 is 25.3 Å². The molecule has 1 aliphatic heterocycles. The Morgan fingerprint density at radius 2 is 1.91 bits per heavy atom. The van der Waals surface area contributed by atoms with Crippen molar-refractivity contribution < 1.29 is 28.2 Å². The lowest BCUT2D eigenvalue weighted by atomic mass is 9.87. The van der Waals surface area contributed by atoms with Gasteiger partial charge in [0.15, 0.2) is 0 Å². The molecule has 1 fully saturated rings. The van der Waals surface area contributed by atoms with Gasteiger partial charge in [-0.25, -0.2) is 0 Å². The Morgan fingerprint density at radius 3 is 2.57 bits per heavy atom. The van der Waals surface area contributed by atoms with Gasteiger partial charge in [-0.15, -0.1) is 0 Å². The van der Waals surface area contributed by atoms with Crippen LogP contribution in [0.5, 0.6) is 0 Å². The van der Waals surface area contributed by atoms with Gasteiger partial charge in [0.1, 0.15) is 6.23 Å². The first kappa shape index (κ1) is 27.3. The minimum atomic E-state index is -4.61. The number of β-amino-alcohol motifs (C(OH)–C–C–N with tert-alkyl or cyclic N) is 1. The number of allylic oxidation sites excluding steroid dienone is 1. The van der Waals surface area contributed by atoms with Crippen molar-refractivity contribution in [3.63, 3.8) is 0 Å². The van der Waals surface area contributed by atoms with E-state index in [1.807, 2.05) is 24.1 Å².